The van der Waals surface area contributed by atoms with Crippen LogP contribution < -0.4 is 0 Å². The third-order valence-electron chi connectivity index (χ3n) is 7.19. The SMILES string of the molecule is CC1CCC(C2CCC(C3CCC(N=C=S)CC3)CC2)CC1. The van der Waals surface area contributed by atoms with Gasteiger partial charge in [0.05, 0.1) is 11.2 Å². The van der Waals surface area contributed by atoms with Gasteiger partial charge in [-0.1, -0.05) is 19.8 Å². The summed E-state index contributed by atoms with van der Waals surface area (Å²) in [6.07, 6.45) is 17.4. The van der Waals surface area contributed by atoms with Crippen molar-refractivity contribution in [3.63, 3.8) is 0 Å². The Balaban J connectivity index is 1.41. The predicted molar refractivity (Wildman–Crippen MR) is 97.3 cm³/mol. The zero-order chi connectivity index (χ0) is 15.4. The second-order valence-corrected chi connectivity index (χ2v) is 8.67. The predicted octanol–water partition coefficient (Wildman–Crippen LogP) is 6.28. The first-order valence-electron chi connectivity index (χ1n) is 9.83. The molecule has 0 heterocycles. The molecule has 3 rings (SSSR count). The molecule has 0 aliphatic heterocycles. The van der Waals surface area contributed by atoms with Crippen LogP contribution in [0.25, 0.3) is 0 Å². The van der Waals surface area contributed by atoms with Crippen LogP contribution in [-0.2, 0) is 0 Å². The fourth-order valence-corrected chi connectivity index (χ4v) is 5.77. The summed E-state index contributed by atoms with van der Waals surface area (Å²) in [6, 6.07) is 0.495. The number of nitrogens with zero attached hydrogens (tertiary/aromatic N) is 1. The third-order valence-corrected chi connectivity index (χ3v) is 7.29. The van der Waals surface area contributed by atoms with Crippen molar-refractivity contribution >= 4 is 17.4 Å². The van der Waals surface area contributed by atoms with E-state index in [0.29, 0.717) is 6.04 Å². The van der Waals surface area contributed by atoms with Crippen LogP contribution in [0.2, 0.25) is 0 Å². The maximum atomic E-state index is 4.75. The molecule has 3 aliphatic rings. The number of hydrogen-bond donors (Lipinski definition) is 0. The van der Waals surface area contributed by atoms with Crippen LogP contribution >= 0.6 is 12.2 Å². The molecule has 0 aromatic rings. The van der Waals surface area contributed by atoms with Crippen molar-refractivity contribution < 1.29 is 0 Å². The number of thiocarbonyl (C=S) groups is 1. The Labute approximate surface area is 142 Å². The van der Waals surface area contributed by atoms with Crippen molar-refractivity contribution in [2.45, 2.75) is 90.0 Å². The largest absolute Gasteiger partial charge is 0.229 e. The van der Waals surface area contributed by atoms with Crippen molar-refractivity contribution in [1.29, 1.82) is 0 Å². The molecular formula is C20H33NS. The lowest BCUT2D eigenvalue weighted by Crippen LogP contribution is -2.30. The van der Waals surface area contributed by atoms with E-state index in [1.54, 1.807) is 0 Å². The molecule has 0 aromatic carbocycles. The van der Waals surface area contributed by atoms with Crippen molar-refractivity contribution in [2.75, 3.05) is 0 Å². The Kier molecular flexibility index (Phi) is 6.10. The van der Waals surface area contributed by atoms with Gasteiger partial charge in [-0.25, -0.2) is 4.99 Å². The van der Waals surface area contributed by atoms with Gasteiger partial charge in [0, 0.05) is 0 Å². The Hall–Kier alpha value is -0.200. The zero-order valence-corrected chi connectivity index (χ0v) is 15.1. The van der Waals surface area contributed by atoms with E-state index < -0.39 is 0 Å². The first-order chi connectivity index (χ1) is 10.8. The van der Waals surface area contributed by atoms with Crippen LogP contribution in [0.5, 0.6) is 0 Å². The topological polar surface area (TPSA) is 12.4 Å². The van der Waals surface area contributed by atoms with E-state index in [1.165, 1.54) is 77.0 Å². The molecule has 3 aliphatic carbocycles. The molecule has 0 bridgehead atoms. The molecule has 0 amide bonds. The number of rotatable bonds is 3. The van der Waals surface area contributed by atoms with Gasteiger partial charge in [0.1, 0.15) is 0 Å². The Morgan fingerprint density at radius 1 is 0.636 bits per heavy atom. The van der Waals surface area contributed by atoms with Crippen LogP contribution in [0, 0.1) is 29.6 Å². The van der Waals surface area contributed by atoms with E-state index in [-0.39, 0.29) is 0 Å². The summed E-state index contributed by atoms with van der Waals surface area (Å²) in [4.78, 5) is 4.31. The highest BCUT2D eigenvalue weighted by atomic mass is 32.1. The minimum absolute atomic E-state index is 0.495. The summed E-state index contributed by atoms with van der Waals surface area (Å²) in [5, 5.41) is 2.59. The normalized spacial score (nSPS) is 43.3. The van der Waals surface area contributed by atoms with E-state index in [2.05, 4.69) is 17.1 Å². The summed E-state index contributed by atoms with van der Waals surface area (Å²) in [5.74, 6) is 5.15. The Morgan fingerprint density at radius 2 is 1.00 bits per heavy atom. The van der Waals surface area contributed by atoms with E-state index in [9.17, 15) is 0 Å². The number of isothiocyanates is 1. The van der Waals surface area contributed by atoms with Crippen LogP contribution in [0.15, 0.2) is 4.99 Å². The van der Waals surface area contributed by atoms with Gasteiger partial charge in [-0.2, -0.15) is 0 Å². The van der Waals surface area contributed by atoms with E-state index in [1.807, 2.05) is 0 Å². The molecule has 0 N–H and O–H groups in total. The monoisotopic (exact) mass is 319 g/mol. The van der Waals surface area contributed by atoms with Gasteiger partial charge >= 0.3 is 0 Å². The molecule has 3 saturated carbocycles. The molecule has 1 nitrogen and oxygen atoms in total. The van der Waals surface area contributed by atoms with Crippen LogP contribution in [0.4, 0.5) is 0 Å². The zero-order valence-electron chi connectivity index (χ0n) is 14.3. The van der Waals surface area contributed by atoms with E-state index in [0.717, 1.165) is 29.6 Å². The molecule has 2 heteroatoms. The molecule has 0 saturated heterocycles. The summed E-state index contributed by atoms with van der Waals surface area (Å²) < 4.78 is 0. The van der Waals surface area contributed by atoms with Gasteiger partial charge in [-0.3, -0.25) is 0 Å². The highest BCUT2D eigenvalue weighted by Crippen LogP contribution is 2.45. The van der Waals surface area contributed by atoms with Crippen molar-refractivity contribution in [3.8, 4) is 0 Å². The van der Waals surface area contributed by atoms with E-state index >= 15 is 0 Å². The van der Waals surface area contributed by atoms with Crippen molar-refractivity contribution in [1.82, 2.24) is 0 Å². The van der Waals surface area contributed by atoms with Crippen LogP contribution in [0.3, 0.4) is 0 Å². The second-order valence-electron chi connectivity index (χ2n) is 8.48. The fraction of sp³-hybridized carbons (Fsp3) is 0.950. The summed E-state index contributed by atoms with van der Waals surface area (Å²) in [7, 11) is 0. The first-order valence-corrected chi connectivity index (χ1v) is 10.2. The number of aliphatic imine (C=N–C) groups is 1. The van der Waals surface area contributed by atoms with Gasteiger partial charge in [0.25, 0.3) is 0 Å². The van der Waals surface area contributed by atoms with Gasteiger partial charge in [0.2, 0.25) is 0 Å². The molecule has 3 fully saturated rings. The van der Waals surface area contributed by atoms with Gasteiger partial charge in [0.15, 0.2) is 0 Å². The third kappa shape index (κ3) is 4.20. The van der Waals surface area contributed by atoms with Gasteiger partial charge < -0.3 is 0 Å². The minimum atomic E-state index is 0.495. The van der Waals surface area contributed by atoms with Crippen molar-refractivity contribution in [2.24, 2.45) is 34.6 Å². The fourth-order valence-electron chi connectivity index (χ4n) is 5.62. The summed E-state index contributed by atoms with van der Waals surface area (Å²) in [6.45, 7) is 2.44. The highest BCUT2D eigenvalue weighted by Gasteiger charge is 2.34. The molecule has 124 valence electrons. The molecule has 0 atom stereocenters. The van der Waals surface area contributed by atoms with E-state index in [4.69, 9.17) is 12.2 Å². The molecule has 22 heavy (non-hydrogen) atoms. The maximum Gasteiger partial charge on any atom is 0.0603 e. The molecular weight excluding hydrogens is 286 g/mol. The average Bonchev–Trinajstić information content (AvgIpc) is 2.57. The van der Waals surface area contributed by atoms with Gasteiger partial charge in [-0.05, 0) is 106 Å². The highest BCUT2D eigenvalue weighted by molar-refractivity contribution is 7.78. The molecule has 0 aromatic heterocycles. The van der Waals surface area contributed by atoms with Crippen LogP contribution in [0.1, 0.15) is 84.0 Å². The quantitative estimate of drug-likeness (QED) is 0.440. The maximum absolute atomic E-state index is 4.75. The smallest absolute Gasteiger partial charge is 0.0603 e. The minimum Gasteiger partial charge on any atom is -0.229 e. The van der Waals surface area contributed by atoms with Crippen molar-refractivity contribution in [3.05, 3.63) is 0 Å². The Bertz CT molecular complexity index is 377. The first kappa shape index (κ1) is 16.7. The average molecular weight is 320 g/mol. The van der Waals surface area contributed by atoms with Gasteiger partial charge in [-0.15, -0.1) is 0 Å². The van der Waals surface area contributed by atoms with Crippen LogP contribution in [-0.4, -0.2) is 11.2 Å². The molecule has 0 radical (unpaired) electrons. The lowest BCUT2D eigenvalue weighted by atomic mass is 9.65. The number of hydrogen-bond acceptors (Lipinski definition) is 2. The lowest BCUT2D eigenvalue weighted by Gasteiger charge is -2.40. The lowest BCUT2D eigenvalue weighted by molar-refractivity contribution is 0.112. The molecule has 0 unspecified atom stereocenters. The summed E-state index contributed by atoms with van der Waals surface area (Å²) >= 11 is 4.75. The second kappa shape index (κ2) is 8.06. The summed E-state index contributed by atoms with van der Waals surface area (Å²) in [5.41, 5.74) is 0. The standard InChI is InChI=1S/C20H33NS/c1-15-2-4-16(5-3-15)17-6-8-18(9-7-17)19-10-12-20(13-11-19)21-14-22/h15-20H,2-13H2,1H3. The Morgan fingerprint density at radius 3 is 1.41 bits per heavy atom. The molecule has 0 spiro atoms.